The second kappa shape index (κ2) is 20.1. The SMILES string of the molecule is C#CCC[C@H](NC(=O)C(CC(=O)N(C)CCNC)Cc1ccccc1)C(=O)NC(CC1CCCCC1)[C@@H](O)CCC(C)C. The summed E-state index contributed by atoms with van der Waals surface area (Å²) in [6.07, 6.45) is 13.9. The van der Waals surface area contributed by atoms with E-state index in [9.17, 15) is 19.5 Å². The first-order valence-electron chi connectivity index (χ1n) is 16.3. The molecule has 1 fully saturated rings. The topological polar surface area (TPSA) is 111 Å². The van der Waals surface area contributed by atoms with E-state index < -0.39 is 18.1 Å². The first-order valence-corrected chi connectivity index (χ1v) is 16.3. The minimum Gasteiger partial charge on any atom is -0.391 e. The van der Waals surface area contributed by atoms with Crippen molar-refractivity contribution in [3.05, 3.63) is 35.9 Å². The van der Waals surface area contributed by atoms with Gasteiger partial charge in [0.05, 0.1) is 18.1 Å². The van der Waals surface area contributed by atoms with Gasteiger partial charge in [0.1, 0.15) is 6.04 Å². The second-order valence-electron chi connectivity index (χ2n) is 12.7. The summed E-state index contributed by atoms with van der Waals surface area (Å²) < 4.78 is 0. The predicted octanol–water partition coefficient (Wildman–Crippen LogP) is 4.06. The Hall–Kier alpha value is -2.89. The Morgan fingerprint density at radius 3 is 2.35 bits per heavy atom. The number of nitrogens with zero attached hydrogens (tertiary/aromatic N) is 1. The molecule has 8 nitrogen and oxygen atoms in total. The Morgan fingerprint density at radius 1 is 1.02 bits per heavy atom. The zero-order chi connectivity index (χ0) is 31.6. The fourth-order valence-corrected chi connectivity index (χ4v) is 5.80. The van der Waals surface area contributed by atoms with Crippen molar-refractivity contribution in [1.29, 1.82) is 0 Å². The third kappa shape index (κ3) is 14.0. The van der Waals surface area contributed by atoms with Crippen molar-refractivity contribution >= 4 is 17.7 Å². The van der Waals surface area contributed by atoms with Gasteiger partial charge in [0.25, 0.3) is 0 Å². The van der Waals surface area contributed by atoms with Crippen LogP contribution in [0.4, 0.5) is 0 Å². The number of benzene rings is 1. The third-order valence-electron chi connectivity index (χ3n) is 8.59. The van der Waals surface area contributed by atoms with Crippen LogP contribution in [-0.2, 0) is 20.8 Å². The van der Waals surface area contributed by atoms with E-state index in [1.165, 1.54) is 19.3 Å². The van der Waals surface area contributed by atoms with Gasteiger partial charge in [-0.3, -0.25) is 14.4 Å². The molecule has 0 bridgehead atoms. The second-order valence-corrected chi connectivity index (χ2v) is 12.7. The first-order chi connectivity index (χ1) is 20.6. The lowest BCUT2D eigenvalue weighted by Crippen LogP contribution is -2.54. The van der Waals surface area contributed by atoms with Gasteiger partial charge in [0.15, 0.2) is 0 Å². The van der Waals surface area contributed by atoms with Crippen LogP contribution >= 0.6 is 0 Å². The zero-order valence-electron chi connectivity index (χ0n) is 26.9. The van der Waals surface area contributed by atoms with Crippen molar-refractivity contribution in [2.45, 2.75) is 109 Å². The quantitative estimate of drug-likeness (QED) is 0.180. The number of rotatable bonds is 19. The van der Waals surface area contributed by atoms with Crippen LogP contribution in [0, 0.1) is 30.1 Å². The monoisotopic (exact) mass is 596 g/mol. The number of aliphatic hydroxyl groups is 1. The maximum Gasteiger partial charge on any atom is 0.242 e. The van der Waals surface area contributed by atoms with E-state index in [2.05, 4.69) is 35.7 Å². The molecule has 1 saturated carbocycles. The van der Waals surface area contributed by atoms with Crippen LogP contribution in [0.3, 0.4) is 0 Å². The summed E-state index contributed by atoms with van der Waals surface area (Å²) in [5.41, 5.74) is 0.943. The summed E-state index contributed by atoms with van der Waals surface area (Å²) in [6, 6.07) is 8.36. The van der Waals surface area contributed by atoms with Crippen molar-refractivity contribution in [2.24, 2.45) is 17.8 Å². The largest absolute Gasteiger partial charge is 0.391 e. The van der Waals surface area contributed by atoms with Crippen molar-refractivity contribution in [3.63, 3.8) is 0 Å². The van der Waals surface area contributed by atoms with Crippen LogP contribution < -0.4 is 16.0 Å². The summed E-state index contributed by atoms with van der Waals surface area (Å²) in [7, 11) is 3.56. The lowest BCUT2D eigenvalue weighted by Gasteiger charge is -2.32. The van der Waals surface area contributed by atoms with Gasteiger partial charge < -0.3 is 26.0 Å². The number of likely N-dealkylation sites (N-methyl/N-ethyl adjacent to an activating group) is 2. The molecule has 0 aromatic heterocycles. The van der Waals surface area contributed by atoms with Crippen LogP contribution in [0.25, 0.3) is 0 Å². The number of carbonyl (C=O) groups is 3. The maximum atomic E-state index is 13.7. The van der Waals surface area contributed by atoms with Gasteiger partial charge in [-0.1, -0.05) is 76.3 Å². The van der Waals surface area contributed by atoms with Crippen molar-refractivity contribution in [1.82, 2.24) is 20.9 Å². The van der Waals surface area contributed by atoms with Gasteiger partial charge in [0.2, 0.25) is 17.7 Å². The molecule has 2 rings (SSSR count). The molecule has 1 aromatic rings. The number of hydrogen-bond donors (Lipinski definition) is 4. The van der Waals surface area contributed by atoms with E-state index in [1.54, 1.807) is 11.9 Å². The van der Waals surface area contributed by atoms with Crippen molar-refractivity contribution < 1.29 is 19.5 Å². The van der Waals surface area contributed by atoms with Crippen LogP contribution in [0.2, 0.25) is 0 Å². The molecule has 3 amide bonds. The predicted molar refractivity (Wildman–Crippen MR) is 173 cm³/mol. The Bertz CT molecular complexity index is 1000. The van der Waals surface area contributed by atoms with E-state index in [0.717, 1.165) is 31.2 Å². The number of hydrogen-bond acceptors (Lipinski definition) is 5. The molecule has 1 aliphatic carbocycles. The summed E-state index contributed by atoms with van der Waals surface area (Å²) in [5.74, 6) is 2.05. The van der Waals surface area contributed by atoms with Crippen LogP contribution in [0.5, 0.6) is 0 Å². The highest BCUT2D eigenvalue weighted by atomic mass is 16.3. The number of aliphatic hydroxyl groups excluding tert-OH is 1. The molecule has 0 heterocycles. The lowest BCUT2D eigenvalue weighted by atomic mass is 9.83. The van der Waals surface area contributed by atoms with E-state index in [0.29, 0.717) is 44.2 Å². The Kier molecular flexibility index (Phi) is 17.0. The molecule has 1 aliphatic rings. The highest BCUT2D eigenvalue weighted by Gasteiger charge is 2.31. The fraction of sp³-hybridized carbons (Fsp3) is 0.686. The van der Waals surface area contributed by atoms with Gasteiger partial charge in [0, 0.05) is 33.0 Å². The Balaban J connectivity index is 2.20. The molecule has 1 aromatic carbocycles. The standard InChI is InChI=1S/C35H56N4O4/c1-6-7-18-30(35(43)38-31(32(40)20-19-26(2)3)24-28-16-12-9-13-17-28)37-34(42)29(23-27-14-10-8-11-15-27)25-33(41)39(5)22-21-36-4/h1,8,10-11,14-15,26,28-32,36,40H,7,9,12-13,16-25H2,2-5H3,(H,37,42)(H,38,43)/t29?,30-,31?,32-/m0/s1. The molecule has 43 heavy (non-hydrogen) atoms. The van der Waals surface area contributed by atoms with Gasteiger partial charge in [-0.15, -0.1) is 12.3 Å². The third-order valence-corrected chi connectivity index (χ3v) is 8.59. The molecule has 0 saturated heterocycles. The normalized spacial score (nSPS) is 16.5. The average Bonchev–Trinajstić information content (AvgIpc) is 3.00. The van der Waals surface area contributed by atoms with Crippen LogP contribution in [0.15, 0.2) is 30.3 Å². The van der Waals surface area contributed by atoms with E-state index in [-0.39, 0.29) is 36.6 Å². The number of amides is 3. The average molecular weight is 597 g/mol. The van der Waals surface area contributed by atoms with E-state index >= 15 is 0 Å². The van der Waals surface area contributed by atoms with E-state index in [4.69, 9.17) is 6.42 Å². The highest BCUT2D eigenvalue weighted by molar-refractivity contribution is 5.91. The minimum absolute atomic E-state index is 0.0304. The lowest BCUT2D eigenvalue weighted by molar-refractivity contribution is -0.136. The van der Waals surface area contributed by atoms with Crippen LogP contribution in [-0.4, -0.2) is 73.1 Å². The smallest absolute Gasteiger partial charge is 0.242 e. The number of nitrogens with one attached hydrogen (secondary N) is 3. The molecule has 4 atom stereocenters. The molecular weight excluding hydrogens is 540 g/mol. The highest BCUT2D eigenvalue weighted by Crippen LogP contribution is 2.29. The summed E-state index contributed by atoms with van der Waals surface area (Å²) in [6.45, 7) is 5.44. The molecule has 0 aliphatic heterocycles. The fourth-order valence-electron chi connectivity index (χ4n) is 5.80. The molecule has 4 N–H and O–H groups in total. The van der Waals surface area contributed by atoms with Gasteiger partial charge in [-0.25, -0.2) is 0 Å². The molecule has 2 unspecified atom stereocenters. The summed E-state index contributed by atoms with van der Waals surface area (Å²) in [4.78, 5) is 42.1. The number of carbonyl (C=O) groups excluding carboxylic acids is 3. The Labute approximate surface area is 260 Å². The van der Waals surface area contributed by atoms with Gasteiger partial charge in [-0.2, -0.15) is 0 Å². The maximum absolute atomic E-state index is 13.7. The summed E-state index contributed by atoms with van der Waals surface area (Å²) in [5, 5.41) is 20.3. The van der Waals surface area contributed by atoms with Gasteiger partial charge >= 0.3 is 0 Å². The molecule has 0 spiro atoms. The molecule has 240 valence electrons. The van der Waals surface area contributed by atoms with Crippen molar-refractivity contribution in [2.75, 3.05) is 27.2 Å². The van der Waals surface area contributed by atoms with Gasteiger partial charge in [-0.05, 0) is 56.6 Å². The molecular formula is C35H56N4O4. The molecule has 8 heteroatoms. The van der Waals surface area contributed by atoms with E-state index in [1.807, 2.05) is 37.4 Å². The zero-order valence-corrected chi connectivity index (χ0v) is 26.9. The summed E-state index contributed by atoms with van der Waals surface area (Å²) >= 11 is 0. The Morgan fingerprint density at radius 2 is 1.72 bits per heavy atom. The molecule has 0 radical (unpaired) electrons. The van der Waals surface area contributed by atoms with Crippen LogP contribution in [0.1, 0.15) is 90.0 Å². The van der Waals surface area contributed by atoms with Crippen molar-refractivity contribution in [3.8, 4) is 12.3 Å². The minimum atomic E-state index is -0.856. The first kappa shape index (κ1) is 36.3. The number of terminal acetylenes is 1.